The van der Waals surface area contributed by atoms with Crippen molar-refractivity contribution in [3.05, 3.63) is 0 Å². The zero-order chi connectivity index (χ0) is 8.29. The van der Waals surface area contributed by atoms with Gasteiger partial charge in [-0.15, -0.1) is 0 Å². The van der Waals surface area contributed by atoms with E-state index in [1.54, 1.807) is 0 Å². The molecule has 3 aliphatic rings. The molecule has 0 N–H and O–H groups in total. The molecule has 0 radical (unpaired) electrons. The summed E-state index contributed by atoms with van der Waals surface area (Å²) >= 11 is 0. The van der Waals surface area contributed by atoms with E-state index in [1.165, 1.54) is 25.8 Å². The van der Waals surface area contributed by atoms with E-state index in [0.29, 0.717) is 0 Å². The lowest BCUT2D eigenvalue weighted by Crippen LogP contribution is -2.37. The second-order valence-electron chi connectivity index (χ2n) is 5.16. The Kier molecular flexibility index (Phi) is 1.39. The maximum Gasteiger partial charge on any atom is 0.0156 e. The number of rotatable bonds is 0. The molecule has 2 saturated heterocycles. The highest BCUT2D eigenvalue weighted by Gasteiger charge is 2.54. The Bertz CT molecular complexity index is 199. The van der Waals surface area contributed by atoms with E-state index < -0.39 is 0 Å². The van der Waals surface area contributed by atoms with E-state index in [-0.39, 0.29) is 0 Å². The van der Waals surface area contributed by atoms with Crippen LogP contribution in [0.15, 0.2) is 0 Å². The molecule has 2 heterocycles. The van der Waals surface area contributed by atoms with Gasteiger partial charge in [-0.3, -0.25) is 4.90 Å². The molecule has 0 amide bonds. The first-order valence-corrected chi connectivity index (χ1v) is 5.55. The summed E-state index contributed by atoms with van der Waals surface area (Å²) in [7, 11) is 0. The highest BCUT2D eigenvalue weighted by molar-refractivity contribution is 5.07. The van der Waals surface area contributed by atoms with Crippen molar-refractivity contribution in [1.82, 2.24) is 4.90 Å². The van der Waals surface area contributed by atoms with E-state index in [0.717, 1.165) is 29.8 Å². The fourth-order valence-corrected chi connectivity index (χ4v) is 4.18. The fraction of sp³-hybridized carbons (Fsp3) is 1.00. The molecule has 0 aromatic heterocycles. The average Bonchev–Trinajstić information content (AvgIpc) is 2.66. The maximum atomic E-state index is 2.82. The summed E-state index contributed by atoms with van der Waals surface area (Å²) in [4.78, 5) is 2.82. The van der Waals surface area contributed by atoms with E-state index >= 15 is 0 Å². The van der Waals surface area contributed by atoms with Crippen molar-refractivity contribution in [2.24, 2.45) is 17.8 Å². The van der Waals surface area contributed by atoms with Crippen molar-refractivity contribution in [1.29, 1.82) is 0 Å². The minimum Gasteiger partial charge on any atom is -0.297 e. The second-order valence-corrected chi connectivity index (χ2v) is 5.16. The van der Waals surface area contributed by atoms with Gasteiger partial charge in [0, 0.05) is 12.1 Å². The van der Waals surface area contributed by atoms with Gasteiger partial charge in [0.05, 0.1) is 0 Å². The van der Waals surface area contributed by atoms with E-state index in [4.69, 9.17) is 0 Å². The lowest BCUT2D eigenvalue weighted by atomic mass is 9.86. The number of nitrogens with zero attached hydrogens (tertiary/aromatic N) is 1. The summed E-state index contributed by atoms with van der Waals surface area (Å²) in [5, 5.41) is 0. The summed E-state index contributed by atoms with van der Waals surface area (Å²) in [6.45, 7) is 6.34. The summed E-state index contributed by atoms with van der Waals surface area (Å²) in [6, 6.07) is 1.96. The highest BCUT2D eigenvalue weighted by Crippen LogP contribution is 2.52. The third kappa shape index (κ3) is 0.693. The van der Waals surface area contributed by atoms with Gasteiger partial charge in [-0.1, -0.05) is 13.8 Å². The predicted molar refractivity (Wildman–Crippen MR) is 50.0 cm³/mol. The lowest BCUT2D eigenvalue weighted by Gasteiger charge is -2.30. The SMILES string of the molecule is CC1CCN2C3CCC(C3C)C12. The summed E-state index contributed by atoms with van der Waals surface area (Å²) in [6.07, 6.45) is 4.48. The normalized spacial score (nSPS) is 58.0. The molecule has 2 aliphatic heterocycles. The molecule has 12 heavy (non-hydrogen) atoms. The monoisotopic (exact) mass is 165 g/mol. The average molecular weight is 165 g/mol. The van der Waals surface area contributed by atoms with E-state index in [9.17, 15) is 0 Å². The van der Waals surface area contributed by atoms with Crippen molar-refractivity contribution in [3.8, 4) is 0 Å². The first-order valence-electron chi connectivity index (χ1n) is 5.55. The Balaban J connectivity index is 1.93. The van der Waals surface area contributed by atoms with Gasteiger partial charge in [0.2, 0.25) is 0 Å². The van der Waals surface area contributed by atoms with Crippen LogP contribution in [0.3, 0.4) is 0 Å². The molecule has 1 heteroatoms. The van der Waals surface area contributed by atoms with Gasteiger partial charge in [0.15, 0.2) is 0 Å². The van der Waals surface area contributed by atoms with Crippen LogP contribution in [-0.2, 0) is 0 Å². The second kappa shape index (κ2) is 2.25. The van der Waals surface area contributed by atoms with Crippen LogP contribution < -0.4 is 0 Å². The quantitative estimate of drug-likeness (QED) is 0.531. The van der Waals surface area contributed by atoms with Gasteiger partial charge in [-0.05, 0) is 43.6 Å². The predicted octanol–water partition coefficient (Wildman–Crippen LogP) is 2.13. The summed E-state index contributed by atoms with van der Waals surface area (Å²) in [5.41, 5.74) is 0. The van der Waals surface area contributed by atoms with Gasteiger partial charge in [0.1, 0.15) is 0 Å². The standard InChI is InChI=1S/C11H19N/c1-7-5-6-12-10-4-3-9(8(10)2)11(7)12/h7-11H,3-6H2,1-2H3. The smallest absolute Gasteiger partial charge is 0.0156 e. The van der Waals surface area contributed by atoms with Crippen LogP contribution in [0.5, 0.6) is 0 Å². The van der Waals surface area contributed by atoms with Crippen molar-refractivity contribution in [2.45, 2.75) is 45.2 Å². The Morgan fingerprint density at radius 2 is 1.92 bits per heavy atom. The molecule has 3 fully saturated rings. The van der Waals surface area contributed by atoms with Gasteiger partial charge in [-0.25, -0.2) is 0 Å². The van der Waals surface area contributed by atoms with Crippen molar-refractivity contribution in [2.75, 3.05) is 6.54 Å². The first-order chi connectivity index (χ1) is 5.79. The summed E-state index contributed by atoms with van der Waals surface area (Å²) in [5.74, 6) is 3.06. The molecule has 0 spiro atoms. The number of hydrogen-bond acceptors (Lipinski definition) is 1. The summed E-state index contributed by atoms with van der Waals surface area (Å²) < 4.78 is 0. The van der Waals surface area contributed by atoms with Crippen LogP contribution in [0.25, 0.3) is 0 Å². The Morgan fingerprint density at radius 1 is 1.08 bits per heavy atom. The van der Waals surface area contributed by atoms with Crippen LogP contribution in [0, 0.1) is 17.8 Å². The van der Waals surface area contributed by atoms with Crippen LogP contribution in [-0.4, -0.2) is 23.5 Å². The van der Waals surface area contributed by atoms with E-state index in [2.05, 4.69) is 18.7 Å². The zero-order valence-corrected chi connectivity index (χ0v) is 8.16. The van der Waals surface area contributed by atoms with Gasteiger partial charge in [-0.2, -0.15) is 0 Å². The molecule has 0 aromatic carbocycles. The third-order valence-electron chi connectivity index (χ3n) is 4.75. The minimum absolute atomic E-state index is 0.977. The molecular formula is C11H19N. The molecule has 5 atom stereocenters. The van der Waals surface area contributed by atoms with Crippen LogP contribution in [0.2, 0.25) is 0 Å². The topological polar surface area (TPSA) is 3.24 Å². The molecule has 68 valence electrons. The van der Waals surface area contributed by atoms with Crippen LogP contribution in [0.4, 0.5) is 0 Å². The van der Waals surface area contributed by atoms with Crippen LogP contribution in [0.1, 0.15) is 33.1 Å². The molecule has 5 unspecified atom stereocenters. The van der Waals surface area contributed by atoms with Crippen molar-refractivity contribution in [3.63, 3.8) is 0 Å². The van der Waals surface area contributed by atoms with Crippen LogP contribution >= 0.6 is 0 Å². The van der Waals surface area contributed by atoms with Gasteiger partial charge >= 0.3 is 0 Å². The molecule has 0 aromatic rings. The van der Waals surface area contributed by atoms with Crippen molar-refractivity contribution < 1.29 is 0 Å². The molecule has 1 saturated carbocycles. The maximum absolute atomic E-state index is 2.82. The van der Waals surface area contributed by atoms with Crippen molar-refractivity contribution >= 4 is 0 Å². The number of fused-ring (bicyclic) bond motifs is 5. The molecule has 2 bridgehead atoms. The number of piperidine rings is 1. The highest BCUT2D eigenvalue weighted by atomic mass is 15.3. The Hall–Kier alpha value is -0.0400. The molecule has 1 aliphatic carbocycles. The Morgan fingerprint density at radius 3 is 2.67 bits per heavy atom. The molecule has 1 nitrogen and oxygen atoms in total. The lowest BCUT2D eigenvalue weighted by molar-refractivity contribution is 0.167. The minimum atomic E-state index is 0.977. The molecular weight excluding hydrogens is 146 g/mol. The van der Waals surface area contributed by atoms with Gasteiger partial charge in [0.25, 0.3) is 0 Å². The zero-order valence-electron chi connectivity index (χ0n) is 8.16. The fourth-order valence-electron chi connectivity index (χ4n) is 4.18. The largest absolute Gasteiger partial charge is 0.297 e. The number of hydrogen-bond donors (Lipinski definition) is 0. The van der Waals surface area contributed by atoms with E-state index in [1.807, 2.05) is 0 Å². The molecule has 3 rings (SSSR count). The third-order valence-corrected chi connectivity index (χ3v) is 4.75. The Labute approximate surface area is 75.1 Å². The van der Waals surface area contributed by atoms with Gasteiger partial charge < -0.3 is 0 Å². The first kappa shape index (κ1) is 7.37.